The summed E-state index contributed by atoms with van der Waals surface area (Å²) >= 11 is 0. The Morgan fingerprint density at radius 1 is 1.04 bits per heavy atom. The van der Waals surface area contributed by atoms with E-state index in [1.165, 1.54) is 0 Å². The molecule has 2 N–H and O–H groups in total. The van der Waals surface area contributed by atoms with Crippen LogP contribution in [0.15, 0.2) is 36.7 Å². The minimum absolute atomic E-state index is 0. The van der Waals surface area contributed by atoms with Crippen molar-refractivity contribution in [3.05, 3.63) is 48.4 Å². The van der Waals surface area contributed by atoms with Crippen molar-refractivity contribution in [2.45, 2.75) is 52.7 Å². The van der Waals surface area contributed by atoms with Gasteiger partial charge in [0.1, 0.15) is 0 Å². The molecule has 2 rings (SSSR count). The second kappa shape index (κ2) is 12.3. The molecule has 0 aliphatic heterocycles. The number of aryl methyl sites for hydroxylation is 1. The summed E-state index contributed by atoms with van der Waals surface area (Å²) in [5.74, 6) is 0.508. The Kier molecular flexibility index (Phi) is 11.7. The topological polar surface area (TPSA) is 66.2 Å². The molecule has 0 aliphatic carbocycles. The fraction of sp³-hybridized carbons (Fsp3) is 0.474. The quantitative estimate of drug-likeness (QED) is 0.609. The third kappa shape index (κ3) is 9.23. The molecular formula is C19H27IrN2O2-. The molecule has 1 aromatic carbocycles. The molecule has 0 saturated carbocycles. The van der Waals surface area contributed by atoms with Gasteiger partial charge in [-0.05, 0) is 32.6 Å². The summed E-state index contributed by atoms with van der Waals surface area (Å²) in [7, 11) is 0. The van der Waals surface area contributed by atoms with Crippen LogP contribution in [-0.2, 0) is 20.1 Å². The first-order chi connectivity index (χ1) is 10.9. The molecule has 0 saturated heterocycles. The molecule has 0 fully saturated rings. The summed E-state index contributed by atoms with van der Waals surface area (Å²) in [5, 5.41) is 18.1. The van der Waals surface area contributed by atoms with E-state index in [-0.39, 0.29) is 32.3 Å². The fourth-order valence-electron chi connectivity index (χ4n) is 2.25. The molecule has 2 unspecified atom stereocenters. The van der Waals surface area contributed by atoms with Crippen molar-refractivity contribution in [2.24, 2.45) is 5.92 Å². The van der Waals surface area contributed by atoms with Crippen molar-refractivity contribution >= 4 is 0 Å². The van der Waals surface area contributed by atoms with Crippen LogP contribution in [0.25, 0.3) is 11.3 Å². The number of nitrogens with zero attached hydrogens (tertiary/aromatic N) is 2. The van der Waals surface area contributed by atoms with Gasteiger partial charge in [0.25, 0.3) is 0 Å². The monoisotopic (exact) mass is 508 g/mol. The van der Waals surface area contributed by atoms with Crippen molar-refractivity contribution in [1.82, 2.24) is 9.97 Å². The van der Waals surface area contributed by atoms with Crippen LogP contribution in [0, 0.1) is 18.9 Å². The molecular weight excluding hydrogens is 480 g/mol. The molecule has 4 nitrogen and oxygen atoms in total. The minimum atomic E-state index is -0.381. The predicted molar refractivity (Wildman–Crippen MR) is 92.8 cm³/mol. The van der Waals surface area contributed by atoms with E-state index in [1.807, 2.05) is 31.2 Å². The Balaban J connectivity index is 0.000000441. The first-order valence-corrected chi connectivity index (χ1v) is 8.01. The number of rotatable bonds is 5. The van der Waals surface area contributed by atoms with Crippen molar-refractivity contribution in [3.8, 4) is 11.3 Å². The normalized spacial score (nSPS) is 12.6. The SMILES string of the molecule is CC(C)CC(O)CC(C)O.Cc1nccnc1-c1[c-]cccc1.[Ir]. The van der Waals surface area contributed by atoms with Crippen LogP contribution < -0.4 is 0 Å². The standard InChI is InChI=1S/C11H9N2.C8H18O2.Ir/c1-9-11(13-8-7-12-9)10-5-3-2-4-6-10;1-6(2)4-8(10)5-7(3)9;/h2-5,7-8H,1H3;6-10H,4-5H2,1-3H3;/q-1;;. The van der Waals surface area contributed by atoms with Gasteiger partial charge in [-0.25, -0.2) is 0 Å². The number of hydrogen-bond donors (Lipinski definition) is 2. The summed E-state index contributed by atoms with van der Waals surface area (Å²) in [6, 6.07) is 10.9. The number of aromatic nitrogens is 2. The zero-order chi connectivity index (χ0) is 17.2. The molecule has 1 aromatic heterocycles. The number of aliphatic hydroxyl groups is 2. The average molecular weight is 508 g/mol. The molecule has 1 radical (unpaired) electrons. The minimum Gasteiger partial charge on any atom is -0.393 e. The number of hydrogen-bond acceptors (Lipinski definition) is 4. The Labute approximate surface area is 158 Å². The summed E-state index contributed by atoms with van der Waals surface area (Å²) < 4.78 is 0. The summed E-state index contributed by atoms with van der Waals surface area (Å²) in [6.45, 7) is 7.77. The van der Waals surface area contributed by atoms with E-state index >= 15 is 0 Å². The zero-order valence-electron chi connectivity index (χ0n) is 14.7. The van der Waals surface area contributed by atoms with Crippen molar-refractivity contribution in [3.63, 3.8) is 0 Å². The van der Waals surface area contributed by atoms with Crippen molar-refractivity contribution < 1.29 is 30.3 Å². The van der Waals surface area contributed by atoms with Gasteiger partial charge in [-0.15, -0.1) is 35.9 Å². The van der Waals surface area contributed by atoms with E-state index in [1.54, 1.807) is 19.3 Å². The third-order valence-corrected chi connectivity index (χ3v) is 3.20. The van der Waals surface area contributed by atoms with E-state index in [0.29, 0.717) is 12.3 Å². The molecule has 0 aliphatic rings. The predicted octanol–water partition coefficient (Wildman–Crippen LogP) is 3.41. The Hall–Kier alpha value is -1.13. The molecule has 5 heteroatoms. The molecule has 24 heavy (non-hydrogen) atoms. The second-order valence-corrected chi connectivity index (χ2v) is 6.13. The number of aliphatic hydroxyl groups excluding tert-OH is 2. The van der Waals surface area contributed by atoms with Crippen LogP contribution in [0.5, 0.6) is 0 Å². The average Bonchev–Trinajstić information content (AvgIpc) is 2.47. The van der Waals surface area contributed by atoms with E-state index in [2.05, 4.69) is 29.9 Å². The summed E-state index contributed by atoms with van der Waals surface area (Å²) in [6.07, 6.45) is 3.96. The van der Waals surface area contributed by atoms with Gasteiger partial charge in [0.15, 0.2) is 0 Å². The first-order valence-electron chi connectivity index (χ1n) is 8.01. The van der Waals surface area contributed by atoms with Crippen LogP contribution in [0.1, 0.15) is 39.3 Å². The summed E-state index contributed by atoms with van der Waals surface area (Å²) in [5.41, 5.74) is 2.83. The Morgan fingerprint density at radius 2 is 1.71 bits per heavy atom. The van der Waals surface area contributed by atoms with E-state index in [9.17, 15) is 5.11 Å². The van der Waals surface area contributed by atoms with Crippen LogP contribution in [0.3, 0.4) is 0 Å². The van der Waals surface area contributed by atoms with E-state index in [4.69, 9.17) is 5.11 Å². The van der Waals surface area contributed by atoms with Gasteiger partial charge in [0, 0.05) is 43.9 Å². The van der Waals surface area contributed by atoms with Gasteiger partial charge < -0.3 is 15.2 Å². The van der Waals surface area contributed by atoms with E-state index in [0.717, 1.165) is 23.4 Å². The molecule has 0 amide bonds. The zero-order valence-corrected chi connectivity index (χ0v) is 17.1. The van der Waals surface area contributed by atoms with Crippen LogP contribution in [0.2, 0.25) is 0 Å². The van der Waals surface area contributed by atoms with Gasteiger partial charge in [-0.3, -0.25) is 4.98 Å². The fourth-order valence-corrected chi connectivity index (χ4v) is 2.25. The largest absolute Gasteiger partial charge is 0.393 e. The molecule has 0 bridgehead atoms. The van der Waals surface area contributed by atoms with Gasteiger partial charge in [0.2, 0.25) is 0 Å². The van der Waals surface area contributed by atoms with Crippen molar-refractivity contribution in [1.29, 1.82) is 0 Å². The van der Waals surface area contributed by atoms with Crippen LogP contribution in [-0.4, -0.2) is 32.4 Å². The van der Waals surface area contributed by atoms with Gasteiger partial charge in [-0.2, -0.15) is 0 Å². The Morgan fingerprint density at radius 3 is 2.21 bits per heavy atom. The maximum absolute atomic E-state index is 9.23. The van der Waals surface area contributed by atoms with Gasteiger partial charge in [-0.1, -0.05) is 13.8 Å². The van der Waals surface area contributed by atoms with Crippen LogP contribution in [0.4, 0.5) is 0 Å². The smallest absolute Gasteiger partial charge is 0.0567 e. The molecule has 1 heterocycles. The van der Waals surface area contributed by atoms with E-state index < -0.39 is 0 Å². The number of benzene rings is 1. The molecule has 135 valence electrons. The maximum atomic E-state index is 9.23. The van der Waals surface area contributed by atoms with Gasteiger partial charge in [0.05, 0.1) is 12.2 Å². The second-order valence-electron chi connectivity index (χ2n) is 6.13. The third-order valence-electron chi connectivity index (χ3n) is 3.20. The molecule has 0 spiro atoms. The molecule has 2 aromatic rings. The molecule has 2 atom stereocenters. The van der Waals surface area contributed by atoms with Crippen molar-refractivity contribution in [2.75, 3.05) is 0 Å². The Bertz CT molecular complexity index is 552. The summed E-state index contributed by atoms with van der Waals surface area (Å²) in [4.78, 5) is 8.43. The van der Waals surface area contributed by atoms with Gasteiger partial charge >= 0.3 is 0 Å². The first kappa shape index (κ1) is 22.9. The maximum Gasteiger partial charge on any atom is 0.0567 e. The van der Waals surface area contributed by atoms with Crippen LogP contribution >= 0.6 is 0 Å².